The lowest BCUT2D eigenvalue weighted by molar-refractivity contribution is -0.121. The number of halogens is 1. The maximum atomic E-state index is 13.0. The highest BCUT2D eigenvalue weighted by atomic mass is 35.5. The van der Waals surface area contributed by atoms with Gasteiger partial charge in [-0.25, -0.2) is 4.98 Å². The summed E-state index contributed by atoms with van der Waals surface area (Å²) in [7, 11) is 0. The van der Waals surface area contributed by atoms with E-state index in [0.29, 0.717) is 27.7 Å². The number of hydrogen-bond donors (Lipinski definition) is 1. The maximum Gasteiger partial charge on any atom is 0.273 e. The van der Waals surface area contributed by atoms with Crippen LogP contribution in [0, 0.1) is 0 Å². The van der Waals surface area contributed by atoms with E-state index in [4.69, 9.17) is 16.6 Å². The van der Waals surface area contributed by atoms with E-state index in [1.54, 1.807) is 12.1 Å². The molecule has 1 saturated heterocycles. The molecule has 1 aromatic carbocycles. The second kappa shape index (κ2) is 8.32. The number of nitrogens with zero attached hydrogens (tertiary/aromatic N) is 3. The summed E-state index contributed by atoms with van der Waals surface area (Å²) in [4.78, 5) is 32.4. The Bertz CT molecular complexity index is 1040. The Kier molecular flexibility index (Phi) is 5.64. The molecule has 6 nitrogen and oxygen atoms in total. The summed E-state index contributed by atoms with van der Waals surface area (Å²) in [5.41, 5.74) is 1.50. The Morgan fingerprint density at radius 3 is 2.64 bits per heavy atom. The molecule has 1 N–H and O–H groups in total. The van der Waals surface area contributed by atoms with E-state index in [9.17, 15) is 9.59 Å². The van der Waals surface area contributed by atoms with E-state index in [0.717, 1.165) is 31.5 Å². The monoisotopic (exact) mass is 416 g/mol. The Hall–Kier alpha value is -2.38. The van der Waals surface area contributed by atoms with Gasteiger partial charge < -0.3 is 10.2 Å². The number of piperidine rings is 1. The number of nitrogens with one attached hydrogen (secondary N) is 1. The molecule has 0 radical (unpaired) electrons. The van der Waals surface area contributed by atoms with Crippen LogP contribution in [-0.4, -0.2) is 28.5 Å². The molecule has 28 heavy (non-hydrogen) atoms. The zero-order valence-corrected chi connectivity index (χ0v) is 16.9. The summed E-state index contributed by atoms with van der Waals surface area (Å²) in [6.45, 7) is 2.06. The topological polar surface area (TPSA) is 67.2 Å². The van der Waals surface area contributed by atoms with E-state index in [1.165, 1.54) is 22.3 Å². The molecular weight excluding hydrogens is 396 g/mol. The first-order valence-corrected chi connectivity index (χ1v) is 10.6. The number of fused-ring (bicyclic) bond motifs is 1. The molecule has 3 heterocycles. The van der Waals surface area contributed by atoms with Crippen LogP contribution >= 0.6 is 22.9 Å². The molecule has 0 bridgehead atoms. The van der Waals surface area contributed by atoms with Crippen LogP contribution in [0.4, 0.5) is 5.95 Å². The molecule has 4 rings (SSSR count). The number of thiophene rings is 1. The van der Waals surface area contributed by atoms with Crippen LogP contribution < -0.4 is 15.8 Å². The Morgan fingerprint density at radius 2 is 1.89 bits per heavy atom. The first-order valence-electron chi connectivity index (χ1n) is 9.36. The van der Waals surface area contributed by atoms with E-state index < -0.39 is 0 Å². The smallest absolute Gasteiger partial charge is 0.273 e. The van der Waals surface area contributed by atoms with Gasteiger partial charge in [-0.15, -0.1) is 11.3 Å². The number of amides is 1. The first-order chi connectivity index (χ1) is 13.6. The fourth-order valence-corrected chi connectivity index (χ4v) is 4.32. The normalized spacial score (nSPS) is 14.4. The minimum atomic E-state index is -0.215. The summed E-state index contributed by atoms with van der Waals surface area (Å²) in [6.07, 6.45) is 3.32. The highest BCUT2D eigenvalue weighted by Crippen LogP contribution is 2.22. The van der Waals surface area contributed by atoms with Gasteiger partial charge in [-0.3, -0.25) is 14.2 Å². The molecule has 3 aromatic rings. The van der Waals surface area contributed by atoms with Crippen molar-refractivity contribution in [3.8, 4) is 0 Å². The molecule has 1 aliphatic rings. The van der Waals surface area contributed by atoms with Gasteiger partial charge in [-0.05, 0) is 48.4 Å². The van der Waals surface area contributed by atoms with Crippen molar-refractivity contribution >= 4 is 45.0 Å². The molecular formula is C20H21ClN4O2S. The summed E-state index contributed by atoms with van der Waals surface area (Å²) in [6, 6.07) is 9.17. The standard InChI is InChI=1S/C20H21ClN4O2S/c21-15-6-4-14(5-7-15)12-22-17(26)13-25-19(27)18-16(8-11-28-18)23-20(25)24-9-2-1-3-10-24/h4-8,11H,1-3,9-10,12-13H2,(H,22,26). The van der Waals surface area contributed by atoms with Crippen molar-refractivity contribution in [1.82, 2.24) is 14.9 Å². The first kappa shape index (κ1) is 19.0. The van der Waals surface area contributed by atoms with Crippen LogP contribution in [0.2, 0.25) is 5.02 Å². The average molecular weight is 417 g/mol. The van der Waals surface area contributed by atoms with Gasteiger partial charge in [0.05, 0.1) is 5.52 Å². The van der Waals surface area contributed by atoms with E-state index >= 15 is 0 Å². The molecule has 1 aliphatic heterocycles. The molecule has 0 saturated carbocycles. The predicted octanol–water partition coefficient (Wildman–Crippen LogP) is 3.42. The second-order valence-corrected chi connectivity index (χ2v) is 8.24. The Labute approximate surface area is 171 Å². The zero-order valence-electron chi connectivity index (χ0n) is 15.4. The summed E-state index contributed by atoms with van der Waals surface area (Å²) in [5, 5.41) is 5.40. The van der Waals surface area contributed by atoms with Crippen LogP contribution in [0.15, 0.2) is 40.5 Å². The Balaban J connectivity index is 1.57. The lowest BCUT2D eigenvalue weighted by Gasteiger charge is -2.29. The average Bonchev–Trinajstić information content (AvgIpc) is 3.19. The number of rotatable bonds is 5. The number of carbonyl (C=O) groups excluding carboxylic acids is 1. The molecule has 1 fully saturated rings. The fourth-order valence-electron chi connectivity index (χ4n) is 3.41. The third-order valence-electron chi connectivity index (χ3n) is 4.89. The van der Waals surface area contributed by atoms with Crippen molar-refractivity contribution in [3.63, 3.8) is 0 Å². The Morgan fingerprint density at radius 1 is 1.14 bits per heavy atom. The van der Waals surface area contributed by atoms with Gasteiger partial charge in [-0.2, -0.15) is 0 Å². The molecule has 2 aromatic heterocycles. The van der Waals surface area contributed by atoms with Crippen molar-refractivity contribution in [3.05, 3.63) is 56.7 Å². The fraction of sp³-hybridized carbons (Fsp3) is 0.350. The minimum absolute atomic E-state index is 0.0426. The number of hydrogen-bond acceptors (Lipinski definition) is 5. The summed E-state index contributed by atoms with van der Waals surface area (Å²) >= 11 is 7.26. The van der Waals surface area contributed by atoms with Crippen LogP contribution in [0.3, 0.4) is 0 Å². The van der Waals surface area contributed by atoms with Gasteiger partial charge in [0.1, 0.15) is 11.2 Å². The van der Waals surface area contributed by atoms with Crippen LogP contribution in [0.25, 0.3) is 10.2 Å². The molecule has 0 spiro atoms. The summed E-state index contributed by atoms with van der Waals surface area (Å²) < 4.78 is 2.10. The van der Waals surface area contributed by atoms with Crippen LogP contribution in [0.5, 0.6) is 0 Å². The van der Waals surface area contributed by atoms with E-state index in [2.05, 4.69) is 10.2 Å². The van der Waals surface area contributed by atoms with E-state index in [1.807, 2.05) is 23.6 Å². The van der Waals surface area contributed by atoms with Crippen molar-refractivity contribution in [2.24, 2.45) is 0 Å². The largest absolute Gasteiger partial charge is 0.350 e. The number of anilines is 1. The molecule has 0 atom stereocenters. The van der Waals surface area contributed by atoms with Gasteiger partial charge in [0, 0.05) is 24.7 Å². The highest BCUT2D eigenvalue weighted by molar-refractivity contribution is 7.17. The SMILES string of the molecule is O=C(Cn1c(N2CCCCC2)nc2ccsc2c1=O)NCc1ccc(Cl)cc1. The van der Waals surface area contributed by atoms with Gasteiger partial charge in [0.25, 0.3) is 5.56 Å². The lowest BCUT2D eigenvalue weighted by atomic mass is 10.1. The van der Waals surface area contributed by atoms with Gasteiger partial charge in [-0.1, -0.05) is 23.7 Å². The quantitative estimate of drug-likeness (QED) is 0.692. The number of aromatic nitrogens is 2. The molecule has 146 valence electrons. The maximum absolute atomic E-state index is 13.0. The third kappa shape index (κ3) is 4.05. The van der Waals surface area contributed by atoms with Crippen molar-refractivity contribution < 1.29 is 4.79 Å². The van der Waals surface area contributed by atoms with Crippen LogP contribution in [-0.2, 0) is 17.9 Å². The second-order valence-electron chi connectivity index (χ2n) is 6.89. The number of carbonyl (C=O) groups is 1. The highest BCUT2D eigenvalue weighted by Gasteiger charge is 2.21. The van der Waals surface area contributed by atoms with Crippen LogP contribution in [0.1, 0.15) is 24.8 Å². The van der Waals surface area contributed by atoms with Crippen molar-refractivity contribution in [2.45, 2.75) is 32.4 Å². The predicted molar refractivity (Wildman–Crippen MR) is 113 cm³/mol. The molecule has 8 heteroatoms. The molecule has 0 unspecified atom stereocenters. The summed E-state index contributed by atoms with van der Waals surface area (Å²) in [5.74, 6) is 0.380. The van der Waals surface area contributed by atoms with Gasteiger partial charge in [0.2, 0.25) is 11.9 Å². The zero-order chi connectivity index (χ0) is 19.5. The van der Waals surface area contributed by atoms with E-state index in [-0.39, 0.29) is 18.0 Å². The number of benzene rings is 1. The van der Waals surface area contributed by atoms with Gasteiger partial charge >= 0.3 is 0 Å². The van der Waals surface area contributed by atoms with Crippen molar-refractivity contribution in [2.75, 3.05) is 18.0 Å². The minimum Gasteiger partial charge on any atom is -0.350 e. The third-order valence-corrected chi connectivity index (χ3v) is 6.03. The van der Waals surface area contributed by atoms with Crippen molar-refractivity contribution in [1.29, 1.82) is 0 Å². The lowest BCUT2D eigenvalue weighted by Crippen LogP contribution is -2.39. The molecule has 1 amide bonds. The van der Waals surface area contributed by atoms with Gasteiger partial charge in [0.15, 0.2) is 0 Å². The molecule has 0 aliphatic carbocycles.